The summed E-state index contributed by atoms with van der Waals surface area (Å²) in [6, 6.07) is 1.68. The number of carbonyl (C=O) groups is 1. The Morgan fingerprint density at radius 3 is 3.07 bits per heavy atom. The van der Waals surface area contributed by atoms with Gasteiger partial charge in [0.2, 0.25) is 0 Å². The number of pyridine rings is 1. The number of ether oxygens (including phenoxy) is 1. The zero-order valence-corrected chi connectivity index (χ0v) is 7.64. The van der Waals surface area contributed by atoms with Crippen LogP contribution in [0.1, 0.15) is 28.3 Å². The minimum atomic E-state index is -0.932. The second-order valence-corrected chi connectivity index (χ2v) is 3.37. The summed E-state index contributed by atoms with van der Waals surface area (Å²) in [7, 11) is 0. The summed E-state index contributed by atoms with van der Waals surface area (Å²) in [4.78, 5) is 14.6. The maximum Gasteiger partial charge on any atom is 0.337 e. The first kappa shape index (κ1) is 9.15. The highest BCUT2D eigenvalue weighted by Gasteiger charge is 2.18. The van der Waals surface area contributed by atoms with Crippen LogP contribution in [0.5, 0.6) is 0 Å². The summed E-state index contributed by atoms with van der Waals surface area (Å²) < 4.78 is 5.24. The summed E-state index contributed by atoms with van der Waals surface area (Å²) in [6.45, 7) is 1.42. The van der Waals surface area contributed by atoms with Gasteiger partial charge in [0.1, 0.15) is 0 Å². The predicted octanol–water partition coefficient (Wildman–Crippen LogP) is 1.28. The first-order valence-electron chi connectivity index (χ1n) is 4.53. The summed E-state index contributed by atoms with van der Waals surface area (Å²) in [6.07, 6.45) is 4.03. The summed E-state index contributed by atoms with van der Waals surface area (Å²) in [5.74, 6) is -0.625. The molecule has 1 unspecified atom stereocenters. The Morgan fingerprint density at radius 2 is 2.43 bits per heavy atom. The second kappa shape index (κ2) is 3.75. The molecule has 1 aliphatic heterocycles. The Bertz CT molecular complexity index is 345. The minimum Gasteiger partial charge on any atom is -0.478 e. The molecule has 0 amide bonds. The third-order valence-electron chi connectivity index (χ3n) is 2.41. The molecule has 1 N–H and O–H groups in total. The Kier molecular flexibility index (Phi) is 2.45. The monoisotopic (exact) mass is 193 g/mol. The maximum atomic E-state index is 10.7. The van der Waals surface area contributed by atoms with Crippen molar-refractivity contribution >= 4 is 5.97 Å². The molecule has 0 saturated carbocycles. The average Bonchev–Trinajstić information content (AvgIpc) is 2.71. The molecule has 0 spiro atoms. The molecule has 1 saturated heterocycles. The lowest BCUT2D eigenvalue weighted by Gasteiger charge is -2.07. The highest BCUT2D eigenvalue weighted by Crippen LogP contribution is 2.24. The Morgan fingerprint density at radius 1 is 1.57 bits per heavy atom. The van der Waals surface area contributed by atoms with Crippen LogP contribution < -0.4 is 0 Å². The molecule has 4 heteroatoms. The van der Waals surface area contributed by atoms with Crippen molar-refractivity contribution in [1.82, 2.24) is 4.98 Å². The van der Waals surface area contributed by atoms with E-state index in [0.717, 1.165) is 18.6 Å². The zero-order chi connectivity index (χ0) is 9.97. The van der Waals surface area contributed by atoms with Crippen LogP contribution in [0, 0.1) is 0 Å². The van der Waals surface area contributed by atoms with E-state index in [1.165, 1.54) is 6.20 Å². The third kappa shape index (κ3) is 1.75. The van der Waals surface area contributed by atoms with Gasteiger partial charge in [0.25, 0.3) is 0 Å². The lowest BCUT2D eigenvalue weighted by atomic mass is 9.99. The Hall–Kier alpha value is -1.42. The van der Waals surface area contributed by atoms with Crippen molar-refractivity contribution in [2.45, 2.75) is 12.3 Å². The molecule has 1 aliphatic rings. The third-order valence-corrected chi connectivity index (χ3v) is 2.41. The van der Waals surface area contributed by atoms with Gasteiger partial charge in [0.05, 0.1) is 12.2 Å². The van der Waals surface area contributed by atoms with Crippen molar-refractivity contribution in [3.63, 3.8) is 0 Å². The Labute approximate surface area is 81.5 Å². The van der Waals surface area contributed by atoms with E-state index in [1.54, 1.807) is 12.3 Å². The van der Waals surface area contributed by atoms with Gasteiger partial charge < -0.3 is 9.84 Å². The zero-order valence-electron chi connectivity index (χ0n) is 7.64. The highest BCUT2D eigenvalue weighted by atomic mass is 16.5. The normalized spacial score (nSPS) is 21.0. The van der Waals surface area contributed by atoms with Crippen LogP contribution in [0.3, 0.4) is 0 Å². The number of aromatic carboxylic acids is 1. The molecule has 1 fully saturated rings. The van der Waals surface area contributed by atoms with Crippen molar-refractivity contribution in [3.8, 4) is 0 Å². The topological polar surface area (TPSA) is 59.4 Å². The van der Waals surface area contributed by atoms with Crippen molar-refractivity contribution < 1.29 is 14.6 Å². The molecule has 0 radical (unpaired) electrons. The Balaban J connectivity index is 2.25. The molecule has 0 aromatic carbocycles. The molecule has 4 nitrogen and oxygen atoms in total. The number of hydrogen-bond acceptors (Lipinski definition) is 3. The fraction of sp³-hybridized carbons (Fsp3) is 0.400. The van der Waals surface area contributed by atoms with Crippen LogP contribution in [0.15, 0.2) is 18.5 Å². The van der Waals surface area contributed by atoms with Gasteiger partial charge in [0, 0.05) is 24.9 Å². The van der Waals surface area contributed by atoms with Gasteiger partial charge in [-0.3, -0.25) is 4.98 Å². The van der Waals surface area contributed by atoms with Gasteiger partial charge in [0.15, 0.2) is 0 Å². The van der Waals surface area contributed by atoms with Gasteiger partial charge in [-0.1, -0.05) is 0 Å². The molecule has 1 aromatic rings. The molecule has 2 rings (SSSR count). The van der Waals surface area contributed by atoms with Crippen molar-refractivity contribution in [1.29, 1.82) is 0 Å². The van der Waals surface area contributed by atoms with Crippen LogP contribution in [-0.2, 0) is 4.74 Å². The summed E-state index contributed by atoms with van der Waals surface area (Å²) in [5, 5.41) is 8.78. The first-order valence-corrected chi connectivity index (χ1v) is 4.53. The number of rotatable bonds is 2. The fourth-order valence-electron chi connectivity index (χ4n) is 1.60. The van der Waals surface area contributed by atoms with Gasteiger partial charge in [-0.2, -0.15) is 0 Å². The minimum absolute atomic E-state index is 0.245. The van der Waals surface area contributed by atoms with E-state index in [9.17, 15) is 4.79 Å². The highest BCUT2D eigenvalue weighted by molar-refractivity contribution is 5.87. The average molecular weight is 193 g/mol. The molecule has 2 heterocycles. The maximum absolute atomic E-state index is 10.7. The quantitative estimate of drug-likeness (QED) is 0.768. The fourth-order valence-corrected chi connectivity index (χ4v) is 1.60. The number of hydrogen-bond donors (Lipinski definition) is 1. The van der Waals surface area contributed by atoms with Gasteiger partial charge in [-0.15, -0.1) is 0 Å². The van der Waals surface area contributed by atoms with Crippen LogP contribution in [0.4, 0.5) is 0 Å². The van der Waals surface area contributed by atoms with Crippen LogP contribution in [-0.4, -0.2) is 29.3 Å². The SMILES string of the molecule is O=C(O)c1cncc(C2CCOC2)c1. The molecular formula is C10H11NO3. The van der Waals surface area contributed by atoms with E-state index in [-0.39, 0.29) is 5.56 Å². The summed E-state index contributed by atoms with van der Waals surface area (Å²) in [5.41, 5.74) is 1.21. The molecular weight excluding hydrogens is 182 g/mol. The molecule has 1 aromatic heterocycles. The number of nitrogens with zero attached hydrogens (tertiary/aromatic N) is 1. The molecule has 14 heavy (non-hydrogen) atoms. The van der Waals surface area contributed by atoms with Crippen LogP contribution >= 0.6 is 0 Å². The van der Waals surface area contributed by atoms with E-state index in [0.29, 0.717) is 12.5 Å². The molecule has 0 bridgehead atoms. The number of carboxylic acid groups (broad SMARTS) is 1. The van der Waals surface area contributed by atoms with Gasteiger partial charge in [-0.25, -0.2) is 4.79 Å². The standard InChI is InChI=1S/C10H11NO3/c12-10(13)9-3-8(4-11-5-9)7-1-2-14-6-7/h3-5,7H,1-2,6H2,(H,12,13). The summed E-state index contributed by atoms with van der Waals surface area (Å²) >= 11 is 0. The molecule has 1 atom stereocenters. The second-order valence-electron chi connectivity index (χ2n) is 3.37. The van der Waals surface area contributed by atoms with Crippen LogP contribution in [0.2, 0.25) is 0 Å². The molecule has 74 valence electrons. The number of carboxylic acids is 1. The van der Waals surface area contributed by atoms with Crippen LogP contribution in [0.25, 0.3) is 0 Å². The largest absolute Gasteiger partial charge is 0.478 e. The van der Waals surface area contributed by atoms with Crippen molar-refractivity contribution in [2.75, 3.05) is 13.2 Å². The van der Waals surface area contributed by atoms with E-state index >= 15 is 0 Å². The van der Waals surface area contributed by atoms with E-state index < -0.39 is 5.97 Å². The smallest absolute Gasteiger partial charge is 0.337 e. The first-order chi connectivity index (χ1) is 6.77. The lowest BCUT2D eigenvalue weighted by molar-refractivity contribution is 0.0696. The molecule has 0 aliphatic carbocycles. The van der Waals surface area contributed by atoms with Crippen molar-refractivity contribution in [2.24, 2.45) is 0 Å². The number of aromatic nitrogens is 1. The van der Waals surface area contributed by atoms with E-state index in [1.807, 2.05) is 0 Å². The van der Waals surface area contributed by atoms with Gasteiger partial charge >= 0.3 is 5.97 Å². The van der Waals surface area contributed by atoms with Gasteiger partial charge in [-0.05, 0) is 18.1 Å². The predicted molar refractivity (Wildman–Crippen MR) is 49.4 cm³/mol. The van der Waals surface area contributed by atoms with E-state index in [2.05, 4.69) is 4.98 Å². The van der Waals surface area contributed by atoms with Crippen molar-refractivity contribution in [3.05, 3.63) is 29.6 Å². The lowest BCUT2D eigenvalue weighted by Crippen LogP contribution is -2.03. The van der Waals surface area contributed by atoms with E-state index in [4.69, 9.17) is 9.84 Å².